The normalized spacial score (nSPS) is 27.0. The molecule has 1 saturated heterocycles. The van der Waals surface area contributed by atoms with Gasteiger partial charge in [0.25, 0.3) is 0 Å². The summed E-state index contributed by atoms with van der Waals surface area (Å²) in [6, 6.07) is -14.1. The Balaban J connectivity index is 4.56. The number of carbonyl (C=O) groups excluding carboxylic acids is 12. The Morgan fingerprint density at radius 2 is 0.901 bits per heavy atom. The largest absolute Gasteiger partial charge is 0.459 e. The van der Waals surface area contributed by atoms with Gasteiger partial charge in [0.1, 0.15) is 72.6 Å². The summed E-state index contributed by atoms with van der Waals surface area (Å²) >= 11 is 0. The summed E-state index contributed by atoms with van der Waals surface area (Å²) < 4.78 is 11.5. The van der Waals surface area contributed by atoms with E-state index in [-0.39, 0.29) is 62.9 Å². The maximum absolute atomic E-state index is 15.5. The van der Waals surface area contributed by atoms with Gasteiger partial charge in [-0.2, -0.15) is 0 Å². The van der Waals surface area contributed by atoms with Crippen LogP contribution >= 0.6 is 0 Å². The number of carbonyl (C=O) groups is 12. The maximum atomic E-state index is 15.5. The van der Waals surface area contributed by atoms with Crippen LogP contribution in [0.5, 0.6) is 0 Å². The minimum absolute atomic E-state index is 0.0178. The molecular weight excluding hydrogens is 1170 g/mol. The highest BCUT2D eigenvalue weighted by atomic mass is 16.5. The first-order valence-electron chi connectivity index (χ1n) is 32.5. The summed E-state index contributed by atoms with van der Waals surface area (Å²) in [6.07, 6.45) is 2.96. The van der Waals surface area contributed by atoms with E-state index in [0.29, 0.717) is 0 Å². The number of methoxy groups -OCH3 is 1. The monoisotopic (exact) mass is 1290 g/mol. The Morgan fingerprint density at radius 3 is 1.35 bits per heavy atom. The minimum Gasteiger partial charge on any atom is -0.459 e. The fraction of sp³-hybridized carbons (Fsp3) is 0.788. The molecule has 520 valence electrons. The lowest BCUT2D eigenvalue weighted by molar-refractivity contribution is -0.164. The van der Waals surface area contributed by atoms with E-state index < -0.39 is 167 Å². The summed E-state index contributed by atoms with van der Waals surface area (Å²) in [7, 11) is 11.3. The standard InChI is InChI=1S/C66H117N11O14/c1-27-30-31-41(14)55(91-45(18)78)54-59(82)69-46(28-2)61(84)71(19)47(29-3)62(85)76(24)53(42(15)35-90-26)58(81)70-51(39(10)11)65(88)72(20)48(32-36(4)5)57(80)67-43(16)56(79)68-44(17)60(83)73(21)49(33-37(6)7)63(86)74(22)50(34-38(8)9)64(87)75(23)52(40(12)13)66(89)77(54)25/h27,30,36-44,46-55H,28-29,31-35H2,1-26H3,(H,67,80)(H,68,79)(H,69,82)(H,70,81)/b30-27+/t41-,42-,43+,44-,46+,47-,48+,49+,50+,51+,52+,53+,54+,55-/m1/s1. The lowest BCUT2D eigenvalue weighted by Gasteiger charge is -2.42. The van der Waals surface area contributed by atoms with Gasteiger partial charge < -0.3 is 65.0 Å². The van der Waals surface area contributed by atoms with Gasteiger partial charge >= 0.3 is 5.97 Å². The number of likely N-dealkylation sites (N-methyl/N-ethyl adjacent to an activating group) is 7. The van der Waals surface area contributed by atoms with Crippen LogP contribution in [0.1, 0.15) is 163 Å². The first kappa shape index (κ1) is 82.4. The highest BCUT2D eigenvalue weighted by Gasteiger charge is 2.47. The predicted molar refractivity (Wildman–Crippen MR) is 349 cm³/mol. The molecular formula is C66H117N11O14. The number of ether oxygens (including phenoxy) is 2. The van der Waals surface area contributed by atoms with Crippen LogP contribution in [0.4, 0.5) is 0 Å². The third kappa shape index (κ3) is 22.6. The van der Waals surface area contributed by atoms with Crippen LogP contribution in [-0.4, -0.2) is 241 Å². The minimum atomic E-state index is -1.63. The average Bonchev–Trinajstić information content (AvgIpc) is 1.12. The molecule has 1 rings (SSSR count). The predicted octanol–water partition coefficient (Wildman–Crippen LogP) is 3.85. The molecule has 0 unspecified atom stereocenters. The molecule has 91 heavy (non-hydrogen) atoms. The zero-order valence-corrected chi connectivity index (χ0v) is 59.9. The number of hydrogen-bond donors (Lipinski definition) is 4. The van der Waals surface area contributed by atoms with E-state index in [0.717, 1.165) is 4.90 Å². The molecule has 0 saturated carbocycles. The maximum Gasteiger partial charge on any atom is 0.303 e. The third-order valence-corrected chi connectivity index (χ3v) is 17.2. The van der Waals surface area contributed by atoms with Crippen molar-refractivity contribution in [2.45, 2.75) is 236 Å². The smallest absolute Gasteiger partial charge is 0.303 e. The van der Waals surface area contributed by atoms with Crippen molar-refractivity contribution in [1.82, 2.24) is 55.6 Å². The van der Waals surface area contributed by atoms with Gasteiger partial charge in [-0.1, -0.05) is 109 Å². The molecule has 1 aliphatic rings. The number of allylic oxidation sites excluding steroid dienone is 2. The molecule has 4 N–H and O–H groups in total. The second-order valence-electron chi connectivity index (χ2n) is 27.0. The second-order valence-corrected chi connectivity index (χ2v) is 27.0. The Bertz CT molecular complexity index is 2520. The Hall–Kier alpha value is -6.66. The lowest BCUT2D eigenvalue weighted by atomic mass is 9.91. The lowest BCUT2D eigenvalue weighted by Crippen LogP contribution is -2.64. The van der Waals surface area contributed by atoms with Crippen LogP contribution in [0.2, 0.25) is 0 Å². The quantitative estimate of drug-likeness (QED) is 0.112. The van der Waals surface area contributed by atoms with Gasteiger partial charge in [0, 0.05) is 69.3 Å². The molecule has 0 aromatic carbocycles. The third-order valence-electron chi connectivity index (χ3n) is 17.2. The Kier molecular flexibility index (Phi) is 34.2. The van der Waals surface area contributed by atoms with Crippen molar-refractivity contribution in [2.24, 2.45) is 41.4 Å². The van der Waals surface area contributed by atoms with Crippen LogP contribution in [0.3, 0.4) is 0 Å². The second kappa shape index (κ2) is 37.8. The van der Waals surface area contributed by atoms with E-state index in [1.165, 1.54) is 107 Å². The summed E-state index contributed by atoms with van der Waals surface area (Å²) in [5.41, 5.74) is 0. The first-order chi connectivity index (χ1) is 42.1. The molecule has 0 aliphatic carbocycles. The molecule has 0 aromatic heterocycles. The summed E-state index contributed by atoms with van der Waals surface area (Å²) in [5, 5.41) is 11.1. The number of rotatable bonds is 18. The molecule has 1 fully saturated rings. The molecule has 0 spiro atoms. The van der Waals surface area contributed by atoms with E-state index in [1.54, 1.807) is 68.4 Å². The summed E-state index contributed by atoms with van der Waals surface area (Å²) in [4.78, 5) is 185. The van der Waals surface area contributed by atoms with E-state index in [1.807, 2.05) is 47.6 Å². The van der Waals surface area contributed by atoms with E-state index in [9.17, 15) is 38.4 Å². The molecule has 0 aromatic rings. The van der Waals surface area contributed by atoms with Crippen molar-refractivity contribution >= 4 is 70.9 Å². The van der Waals surface area contributed by atoms with Crippen molar-refractivity contribution in [2.75, 3.05) is 63.1 Å². The van der Waals surface area contributed by atoms with Gasteiger partial charge in [0.15, 0.2) is 0 Å². The van der Waals surface area contributed by atoms with E-state index in [4.69, 9.17) is 9.47 Å². The van der Waals surface area contributed by atoms with Gasteiger partial charge in [0.05, 0.1) is 6.61 Å². The molecule has 0 radical (unpaired) electrons. The Labute approximate surface area is 543 Å². The van der Waals surface area contributed by atoms with Crippen LogP contribution in [0.25, 0.3) is 0 Å². The van der Waals surface area contributed by atoms with Gasteiger partial charge in [-0.25, -0.2) is 0 Å². The average molecular weight is 1290 g/mol. The van der Waals surface area contributed by atoms with Crippen molar-refractivity contribution in [3.63, 3.8) is 0 Å². The van der Waals surface area contributed by atoms with Crippen molar-refractivity contribution < 1.29 is 67.0 Å². The highest BCUT2D eigenvalue weighted by molar-refractivity contribution is 6.00. The molecule has 1 aliphatic heterocycles. The van der Waals surface area contributed by atoms with Crippen LogP contribution in [-0.2, 0) is 67.0 Å². The molecule has 0 bridgehead atoms. The number of hydrogen-bond acceptors (Lipinski definition) is 14. The fourth-order valence-electron chi connectivity index (χ4n) is 11.9. The number of esters is 1. The Morgan fingerprint density at radius 1 is 0.473 bits per heavy atom. The molecule has 25 nitrogen and oxygen atoms in total. The van der Waals surface area contributed by atoms with E-state index in [2.05, 4.69) is 21.3 Å². The van der Waals surface area contributed by atoms with Gasteiger partial charge in [-0.15, -0.1) is 0 Å². The number of nitrogens with zero attached hydrogens (tertiary/aromatic N) is 7. The van der Waals surface area contributed by atoms with Crippen LogP contribution < -0.4 is 21.3 Å². The summed E-state index contributed by atoms with van der Waals surface area (Å²) in [6.45, 7) is 30.6. The first-order valence-corrected chi connectivity index (χ1v) is 32.5. The molecule has 14 atom stereocenters. The van der Waals surface area contributed by atoms with Gasteiger partial charge in [0.2, 0.25) is 65.0 Å². The van der Waals surface area contributed by atoms with E-state index >= 15 is 19.2 Å². The van der Waals surface area contributed by atoms with Crippen molar-refractivity contribution in [1.29, 1.82) is 0 Å². The van der Waals surface area contributed by atoms with Crippen molar-refractivity contribution in [3.05, 3.63) is 12.2 Å². The van der Waals surface area contributed by atoms with Gasteiger partial charge in [-0.3, -0.25) is 57.5 Å². The zero-order chi connectivity index (χ0) is 70.5. The number of nitrogens with one attached hydrogen (secondary N) is 4. The molecule has 11 amide bonds. The van der Waals surface area contributed by atoms with Crippen LogP contribution in [0.15, 0.2) is 12.2 Å². The topological polar surface area (TPSA) is 294 Å². The van der Waals surface area contributed by atoms with Crippen molar-refractivity contribution in [3.8, 4) is 0 Å². The van der Waals surface area contributed by atoms with Gasteiger partial charge in [-0.05, 0) is 94.8 Å². The number of amides is 11. The molecule has 25 heteroatoms. The fourth-order valence-corrected chi connectivity index (χ4v) is 11.9. The van der Waals surface area contributed by atoms with Crippen LogP contribution in [0, 0.1) is 41.4 Å². The highest BCUT2D eigenvalue weighted by Crippen LogP contribution is 2.27. The SMILES string of the molecule is C/C=C/C[C@@H](C)[C@@H](OC(C)=O)[C@H]1C(=O)N[C@@H](CC)C(=O)N(C)[C@H](CC)C(=O)N(C)[C@@H]([C@H](C)COC)C(=O)N[C@@H](C(C)C)C(=O)N(C)[C@@H](CC(C)C)C(=O)N[C@@H](C)C(=O)N[C@H](C)C(=O)N(C)[C@@H](CC(C)C)C(=O)N(C)[C@@H](CC(C)C)C(=O)N(C)[C@@H](C(C)C)C(=O)N1C. The zero-order valence-electron chi connectivity index (χ0n) is 59.9. The summed E-state index contributed by atoms with van der Waals surface area (Å²) in [5.74, 6) is -11.5. The molecule has 1 heterocycles.